The second-order valence-electron chi connectivity index (χ2n) is 14.1. The van der Waals surface area contributed by atoms with Gasteiger partial charge in [-0.15, -0.1) is 0 Å². The van der Waals surface area contributed by atoms with Crippen molar-refractivity contribution < 1.29 is 8.83 Å². The molecule has 3 heteroatoms. The molecule has 11 rings (SSSR count). The number of furan rings is 2. The number of rotatable bonds is 6. The first kappa shape index (κ1) is 31.2. The molecular weight excluding hydrogens is 671 g/mol. The van der Waals surface area contributed by atoms with Crippen LogP contribution in [0.2, 0.25) is 0 Å². The van der Waals surface area contributed by atoms with Gasteiger partial charge in [-0.1, -0.05) is 152 Å². The Hall–Kier alpha value is -7.36. The average Bonchev–Trinajstić information content (AvgIpc) is 3.82. The predicted octanol–water partition coefficient (Wildman–Crippen LogP) is 15.1. The molecule has 2 aromatic heterocycles. The van der Waals surface area contributed by atoms with Crippen molar-refractivity contribution >= 4 is 71.7 Å². The topological polar surface area (TPSA) is 29.5 Å². The van der Waals surface area contributed by atoms with Gasteiger partial charge in [0.25, 0.3) is 0 Å². The molecular formula is C52H33NO2. The zero-order valence-corrected chi connectivity index (χ0v) is 29.8. The molecule has 258 valence electrons. The van der Waals surface area contributed by atoms with Gasteiger partial charge in [0, 0.05) is 50.0 Å². The summed E-state index contributed by atoms with van der Waals surface area (Å²) < 4.78 is 13.2. The molecule has 0 aliphatic carbocycles. The Morgan fingerprint density at radius 3 is 1.82 bits per heavy atom. The quantitative estimate of drug-likeness (QED) is 0.173. The van der Waals surface area contributed by atoms with Crippen molar-refractivity contribution in [3.05, 3.63) is 200 Å². The van der Waals surface area contributed by atoms with Crippen molar-refractivity contribution in [2.45, 2.75) is 0 Å². The van der Waals surface area contributed by atoms with Crippen LogP contribution in [0.25, 0.3) is 88.0 Å². The van der Waals surface area contributed by atoms with E-state index in [2.05, 4.69) is 181 Å². The SMILES string of the molecule is c1ccc(-c2ccc(-c3ccc4ccccc4c3)cc2N(c2ccc3c(c2)oc2ccccc23)c2ccccc2-c2cccc3c2oc2ccccc23)cc1. The minimum Gasteiger partial charge on any atom is -0.456 e. The second kappa shape index (κ2) is 12.6. The molecule has 0 bridgehead atoms. The monoisotopic (exact) mass is 703 g/mol. The number of para-hydroxylation sites is 4. The van der Waals surface area contributed by atoms with Gasteiger partial charge < -0.3 is 13.7 Å². The third-order valence-corrected chi connectivity index (χ3v) is 10.9. The minimum atomic E-state index is 0.840. The second-order valence-corrected chi connectivity index (χ2v) is 14.1. The van der Waals surface area contributed by atoms with Crippen molar-refractivity contribution in [2.75, 3.05) is 4.90 Å². The van der Waals surface area contributed by atoms with Gasteiger partial charge >= 0.3 is 0 Å². The Morgan fingerprint density at radius 1 is 0.309 bits per heavy atom. The fourth-order valence-electron chi connectivity index (χ4n) is 8.24. The number of hydrogen-bond donors (Lipinski definition) is 0. The number of nitrogens with zero attached hydrogens (tertiary/aromatic N) is 1. The van der Waals surface area contributed by atoms with Gasteiger partial charge in [-0.25, -0.2) is 0 Å². The van der Waals surface area contributed by atoms with Crippen LogP contribution in [0.4, 0.5) is 17.1 Å². The van der Waals surface area contributed by atoms with E-state index in [4.69, 9.17) is 8.83 Å². The molecule has 3 nitrogen and oxygen atoms in total. The molecule has 0 saturated carbocycles. The summed E-state index contributed by atoms with van der Waals surface area (Å²) in [7, 11) is 0. The van der Waals surface area contributed by atoms with Gasteiger partial charge in [-0.05, 0) is 69.9 Å². The van der Waals surface area contributed by atoms with E-state index < -0.39 is 0 Å². The molecule has 0 spiro atoms. The van der Waals surface area contributed by atoms with E-state index in [1.165, 1.54) is 10.8 Å². The summed E-state index contributed by atoms with van der Waals surface area (Å²) in [6.07, 6.45) is 0. The Morgan fingerprint density at radius 2 is 0.945 bits per heavy atom. The Balaban J connectivity index is 1.21. The van der Waals surface area contributed by atoms with Gasteiger partial charge in [0.1, 0.15) is 22.3 Å². The van der Waals surface area contributed by atoms with E-state index >= 15 is 0 Å². The van der Waals surface area contributed by atoms with E-state index in [-0.39, 0.29) is 0 Å². The maximum atomic E-state index is 6.65. The third kappa shape index (κ3) is 5.20. The van der Waals surface area contributed by atoms with Crippen LogP contribution in [-0.4, -0.2) is 0 Å². The lowest BCUT2D eigenvalue weighted by molar-refractivity contribution is 0.669. The molecule has 0 aliphatic heterocycles. The highest BCUT2D eigenvalue weighted by Gasteiger charge is 2.24. The van der Waals surface area contributed by atoms with Gasteiger partial charge in [0.05, 0.1) is 11.4 Å². The molecule has 0 saturated heterocycles. The normalized spacial score (nSPS) is 11.6. The summed E-state index contributed by atoms with van der Waals surface area (Å²) in [5.41, 5.74) is 13.2. The molecule has 9 aromatic carbocycles. The first-order valence-electron chi connectivity index (χ1n) is 18.7. The van der Waals surface area contributed by atoms with Gasteiger partial charge in [0.15, 0.2) is 0 Å². The molecule has 0 radical (unpaired) electrons. The number of anilines is 3. The largest absolute Gasteiger partial charge is 0.456 e. The van der Waals surface area contributed by atoms with Crippen molar-refractivity contribution in [1.29, 1.82) is 0 Å². The first-order valence-corrected chi connectivity index (χ1v) is 18.7. The Labute approximate surface area is 317 Å². The number of benzene rings is 9. The maximum Gasteiger partial charge on any atom is 0.143 e. The first-order chi connectivity index (χ1) is 27.3. The molecule has 55 heavy (non-hydrogen) atoms. The van der Waals surface area contributed by atoms with Crippen molar-refractivity contribution in [3.8, 4) is 33.4 Å². The van der Waals surface area contributed by atoms with Crippen LogP contribution in [0, 0.1) is 0 Å². The molecule has 0 amide bonds. The Bertz CT molecular complexity index is 3220. The number of fused-ring (bicyclic) bond motifs is 7. The highest BCUT2D eigenvalue weighted by molar-refractivity contribution is 6.11. The van der Waals surface area contributed by atoms with Crippen LogP contribution >= 0.6 is 0 Å². The molecule has 11 aromatic rings. The fraction of sp³-hybridized carbons (Fsp3) is 0. The molecule has 0 unspecified atom stereocenters. The van der Waals surface area contributed by atoms with E-state index in [0.29, 0.717) is 0 Å². The lowest BCUT2D eigenvalue weighted by atomic mass is 9.94. The highest BCUT2D eigenvalue weighted by atomic mass is 16.3. The average molecular weight is 704 g/mol. The summed E-state index contributed by atoms with van der Waals surface area (Å²) in [5, 5.41) is 6.84. The van der Waals surface area contributed by atoms with E-state index in [1.54, 1.807) is 0 Å². The molecule has 2 heterocycles. The van der Waals surface area contributed by atoms with Gasteiger partial charge in [-0.3, -0.25) is 0 Å². The zero-order chi connectivity index (χ0) is 36.3. The Kier molecular flexibility index (Phi) is 7.17. The third-order valence-electron chi connectivity index (χ3n) is 10.9. The maximum absolute atomic E-state index is 6.65. The van der Waals surface area contributed by atoms with Gasteiger partial charge in [-0.2, -0.15) is 0 Å². The van der Waals surface area contributed by atoms with Crippen molar-refractivity contribution in [3.63, 3.8) is 0 Å². The summed E-state index contributed by atoms with van der Waals surface area (Å²) in [6, 6.07) is 71.1. The van der Waals surface area contributed by atoms with E-state index in [0.717, 1.165) is 94.3 Å². The van der Waals surface area contributed by atoms with E-state index in [1.807, 2.05) is 24.3 Å². The summed E-state index contributed by atoms with van der Waals surface area (Å²) >= 11 is 0. The fourth-order valence-corrected chi connectivity index (χ4v) is 8.24. The van der Waals surface area contributed by atoms with Crippen LogP contribution < -0.4 is 4.90 Å². The summed E-state index contributed by atoms with van der Waals surface area (Å²) in [6.45, 7) is 0. The predicted molar refractivity (Wildman–Crippen MR) is 229 cm³/mol. The standard InChI is InChI=1S/C52H33NO2/c1-2-14-35(15-3-1)40-29-27-38(37-26-25-34-13-4-5-16-36(34)31-37)32-48(40)53(39-28-30-44-42-18-7-10-23-49(42)54-51(44)33-39)47-22-9-6-17-41(47)45-20-12-21-46-43-19-8-11-24-50(43)55-52(45)46/h1-33H. The smallest absolute Gasteiger partial charge is 0.143 e. The van der Waals surface area contributed by atoms with Crippen LogP contribution in [-0.2, 0) is 0 Å². The zero-order valence-electron chi connectivity index (χ0n) is 29.8. The van der Waals surface area contributed by atoms with Crippen LogP contribution in [0.5, 0.6) is 0 Å². The van der Waals surface area contributed by atoms with E-state index in [9.17, 15) is 0 Å². The highest BCUT2D eigenvalue weighted by Crippen LogP contribution is 2.48. The lowest BCUT2D eigenvalue weighted by Crippen LogP contribution is -2.12. The number of hydrogen-bond acceptors (Lipinski definition) is 3. The van der Waals surface area contributed by atoms with Crippen molar-refractivity contribution in [2.24, 2.45) is 0 Å². The van der Waals surface area contributed by atoms with Crippen molar-refractivity contribution in [1.82, 2.24) is 0 Å². The molecule has 0 aliphatic rings. The van der Waals surface area contributed by atoms with Crippen LogP contribution in [0.3, 0.4) is 0 Å². The minimum absolute atomic E-state index is 0.840. The molecule has 0 N–H and O–H groups in total. The molecule has 0 atom stereocenters. The molecule has 0 fully saturated rings. The van der Waals surface area contributed by atoms with Gasteiger partial charge in [0.2, 0.25) is 0 Å². The lowest BCUT2D eigenvalue weighted by Gasteiger charge is -2.30. The van der Waals surface area contributed by atoms with Crippen LogP contribution in [0.1, 0.15) is 0 Å². The van der Waals surface area contributed by atoms with Crippen LogP contribution in [0.15, 0.2) is 209 Å². The summed E-state index contributed by atoms with van der Waals surface area (Å²) in [4.78, 5) is 2.40. The summed E-state index contributed by atoms with van der Waals surface area (Å²) in [5.74, 6) is 0.